The van der Waals surface area contributed by atoms with E-state index in [0.29, 0.717) is 12.0 Å². The molecule has 0 amide bonds. The number of hydrogen-bond acceptors (Lipinski definition) is 1. The summed E-state index contributed by atoms with van der Waals surface area (Å²) in [4.78, 5) is 0. The fourth-order valence-corrected chi connectivity index (χ4v) is 2.62. The number of aryl methyl sites for hydroxylation is 1. The van der Waals surface area contributed by atoms with E-state index in [1.807, 2.05) is 0 Å². The van der Waals surface area contributed by atoms with Gasteiger partial charge in [0.2, 0.25) is 0 Å². The molecule has 3 rings (SSSR count). The van der Waals surface area contributed by atoms with Gasteiger partial charge in [-0.25, -0.2) is 0 Å². The van der Waals surface area contributed by atoms with Crippen LogP contribution >= 0.6 is 0 Å². The van der Waals surface area contributed by atoms with Gasteiger partial charge in [-0.3, -0.25) is 0 Å². The van der Waals surface area contributed by atoms with Crippen LogP contribution in [-0.4, -0.2) is 6.04 Å². The maximum Gasteiger partial charge on any atom is 0.0146 e. The summed E-state index contributed by atoms with van der Waals surface area (Å²) in [6, 6.07) is 9.23. The predicted molar refractivity (Wildman–Crippen MR) is 49.0 cm³/mol. The molecule has 12 heavy (non-hydrogen) atoms. The van der Waals surface area contributed by atoms with Crippen molar-refractivity contribution in [1.29, 1.82) is 0 Å². The fourth-order valence-electron chi connectivity index (χ4n) is 2.62. The van der Waals surface area contributed by atoms with Crippen LogP contribution in [0.3, 0.4) is 0 Å². The first kappa shape index (κ1) is 6.67. The van der Waals surface area contributed by atoms with Crippen molar-refractivity contribution >= 4 is 0 Å². The van der Waals surface area contributed by atoms with Crippen LogP contribution in [0.1, 0.15) is 23.5 Å². The summed E-state index contributed by atoms with van der Waals surface area (Å²) in [5.74, 6) is 1.51. The van der Waals surface area contributed by atoms with E-state index < -0.39 is 0 Å². The Morgan fingerprint density at radius 2 is 2.08 bits per heavy atom. The Morgan fingerprint density at radius 3 is 3.00 bits per heavy atom. The molecule has 1 nitrogen and oxygen atoms in total. The van der Waals surface area contributed by atoms with Gasteiger partial charge in [0.1, 0.15) is 0 Å². The Labute approximate surface area is 72.6 Å². The summed E-state index contributed by atoms with van der Waals surface area (Å²) < 4.78 is 0. The molecule has 62 valence electrons. The molecule has 0 saturated heterocycles. The summed E-state index contributed by atoms with van der Waals surface area (Å²) in [6.45, 7) is 0. The molecule has 1 aromatic carbocycles. The monoisotopic (exact) mass is 159 g/mol. The van der Waals surface area contributed by atoms with Crippen LogP contribution in [0.4, 0.5) is 0 Å². The Kier molecular flexibility index (Phi) is 1.17. The van der Waals surface area contributed by atoms with Gasteiger partial charge >= 0.3 is 0 Å². The molecule has 1 fully saturated rings. The highest BCUT2D eigenvalue weighted by Crippen LogP contribution is 2.53. The average molecular weight is 159 g/mol. The molecular weight excluding hydrogens is 146 g/mol. The number of benzene rings is 1. The van der Waals surface area contributed by atoms with Gasteiger partial charge in [-0.2, -0.15) is 0 Å². The van der Waals surface area contributed by atoms with Gasteiger partial charge in [0, 0.05) is 12.0 Å². The van der Waals surface area contributed by atoms with Crippen molar-refractivity contribution < 1.29 is 0 Å². The molecule has 0 spiro atoms. The first-order valence-corrected chi connectivity index (χ1v) is 4.71. The maximum atomic E-state index is 5.99. The van der Waals surface area contributed by atoms with Gasteiger partial charge in [0.05, 0.1) is 0 Å². The molecule has 0 aromatic heterocycles. The number of hydrogen-bond donors (Lipinski definition) is 1. The highest BCUT2D eigenvalue weighted by Gasteiger charge is 2.50. The minimum atomic E-state index is 0.466. The van der Waals surface area contributed by atoms with E-state index >= 15 is 0 Å². The summed E-state index contributed by atoms with van der Waals surface area (Å²) in [5, 5.41) is 0. The smallest absolute Gasteiger partial charge is 0.0146 e. The third-order valence-corrected chi connectivity index (χ3v) is 3.39. The van der Waals surface area contributed by atoms with Crippen molar-refractivity contribution in [2.45, 2.75) is 24.8 Å². The average Bonchev–Trinajstić information content (AvgIpc) is 2.78. The Balaban J connectivity index is 2.10. The maximum absolute atomic E-state index is 5.99. The van der Waals surface area contributed by atoms with E-state index in [1.165, 1.54) is 24.0 Å². The zero-order chi connectivity index (χ0) is 8.13. The van der Waals surface area contributed by atoms with Crippen molar-refractivity contribution in [3.63, 3.8) is 0 Å². The topological polar surface area (TPSA) is 26.0 Å². The van der Waals surface area contributed by atoms with Gasteiger partial charge in [0.15, 0.2) is 0 Å². The van der Waals surface area contributed by atoms with Crippen LogP contribution in [0, 0.1) is 5.92 Å². The second kappa shape index (κ2) is 2.11. The van der Waals surface area contributed by atoms with Crippen LogP contribution in [0.15, 0.2) is 24.3 Å². The van der Waals surface area contributed by atoms with Gasteiger partial charge in [-0.1, -0.05) is 24.3 Å². The minimum Gasteiger partial charge on any atom is -0.327 e. The molecule has 0 heterocycles. The van der Waals surface area contributed by atoms with Gasteiger partial charge < -0.3 is 5.73 Å². The van der Waals surface area contributed by atoms with Gasteiger partial charge in [-0.05, 0) is 29.9 Å². The van der Waals surface area contributed by atoms with E-state index in [-0.39, 0.29) is 0 Å². The second-order valence-electron chi connectivity index (χ2n) is 4.00. The van der Waals surface area contributed by atoms with Crippen LogP contribution in [0.5, 0.6) is 0 Å². The molecule has 0 bridgehead atoms. The predicted octanol–water partition coefficient (Wildman–Crippen LogP) is 1.67. The molecule has 2 N–H and O–H groups in total. The van der Waals surface area contributed by atoms with E-state index in [4.69, 9.17) is 5.73 Å². The molecular formula is C11H13N. The zero-order valence-electron chi connectivity index (χ0n) is 7.03. The Morgan fingerprint density at radius 1 is 1.25 bits per heavy atom. The Bertz CT molecular complexity index is 319. The van der Waals surface area contributed by atoms with E-state index in [2.05, 4.69) is 24.3 Å². The third kappa shape index (κ3) is 0.721. The molecule has 1 heteroatoms. The van der Waals surface area contributed by atoms with Crippen LogP contribution in [-0.2, 0) is 6.42 Å². The highest BCUT2D eigenvalue weighted by molar-refractivity contribution is 5.40. The largest absolute Gasteiger partial charge is 0.327 e. The minimum absolute atomic E-state index is 0.466. The standard InChI is InChI=1S/C11H13N/c12-11-9-6-5-7-3-1-2-4-8(7)10(9)11/h1-4,9-11H,5-6,12H2/t9-,10-,11-/m1/s1. The fraction of sp³-hybridized carbons (Fsp3) is 0.455. The highest BCUT2D eigenvalue weighted by atomic mass is 14.8. The van der Waals surface area contributed by atoms with Crippen LogP contribution < -0.4 is 5.73 Å². The summed E-state index contributed by atoms with van der Waals surface area (Å²) in [5.41, 5.74) is 9.05. The van der Waals surface area contributed by atoms with E-state index in [9.17, 15) is 0 Å². The Hall–Kier alpha value is -0.820. The van der Waals surface area contributed by atoms with Crippen LogP contribution in [0.25, 0.3) is 0 Å². The van der Waals surface area contributed by atoms with Crippen molar-refractivity contribution in [2.24, 2.45) is 11.7 Å². The van der Waals surface area contributed by atoms with Crippen molar-refractivity contribution in [3.05, 3.63) is 35.4 Å². The summed E-state index contributed by atoms with van der Waals surface area (Å²) in [7, 11) is 0. The number of fused-ring (bicyclic) bond motifs is 3. The van der Waals surface area contributed by atoms with Crippen molar-refractivity contribution in [2.75, 3.05) is 0 Å². The second-order valence-corrected chi connectivity index (χ2v) is 4.00. The first-order chi connectivity index (χ1) is 5.88. The molecule has 2 aliphatic rings. The normalized spacial score (nSPS) is 36.9. The lowest BCUT2D eigenvalue weighted by Crippen LogP contribution is -2.02. The molecule has 3 atom stereocenters. The molecule has 1 saturated carbocycles. The van der Waals surface area contributed by atoms with Gasteiger partial charge in [0.25, 0.3) is 0 Å². The van der Waals surface area contributed by atoms with E-state index in [0.717, 1.165) is 5.92 Å². The molecule has 0 aliphatic heterocycles. The summed E-state index contributed by atoms with van der Waals surface area (Å²) >= 11 is 0. The SMILES string of the molecule is N[C@@H]1[C@@H]2CCc3ccccc3[C@@H]12. The van der Waals surface area contributed by atoms with Crippen LogP contribution in [0.2, 0.25) is 0 Å². The zero-order valence-corrected chi connectivity index (χ0v) is 7.03. The van der Waals surface area contributed by atoms with Crippen molar-refractivity contribution in [1.82, 2.24) is 0 Å². The molecule has 2 aliphatic carbocycles. The number of nitrogens with two attached hydrogens (primary N) is 1. The number of rotatable bonds is 0. The van der Waals surface area contributed by atoms with Crippen molar-refractivity contribution in [3.8, 4) is 0 Å². The third-order valence-electron chi connectivity index (χ3n) is 3.39. The molecule has 0 unspecified atom stereocenters. The first-order valence-electron chi connectivity index (χ1n) is 4.71. The lowest BCUT2D eigenvalue weighted by atomic mass is 9.92. The quantitative estimate of drug-likeness (QED) is 0.612. The lowest BCUT2D eigenvalue weighted by molar-refractivity contribution is 0.658. The summed E-state index contributed by atoms with van der Waals surface area (Å²) in [6.07, 6.45) is 2.55. The lowest BCUT2D eigenvalue weighted by Gasteiger charge is -2.13. The molecule has 0 radical (unpaired) electrons. The molecule has 1 aromatic rings. The van der Waals surface area contributed by atoms with Gasteiger partial charge in [-0.15, -0.1) is 0 Å². The van der Waals surface area contributed by atoms with E-state index in [1.54, 1.807) is 0 Å².